The van der Waals surface area contributed by atoms with Crippen molar-refractivity contribution in [3.05, 3.63) is 144 Å². The van der Waals surface area contributed by atoms with Gasteiger partial charge in [0.1, 0.15) is 29.0 Å². The lowest BCUT2D eigenvalue weighted by molar-refractivity contribution is -0.142. The smallest absolute Gasteiger partial charge is 0.307 e. The number of Topliss-reactive ketones (excluding diaryl/α,β-unsaturated/α-hetero) is 3. The summed E-state index contributed by atoms with van der Waals surface area (Å²) >= 11 is 6.21. The summed E-state index contributed by atoms with van der Waals surface area (Å²) in [6.07, 6.45) is 9.57. The minimum atomic E-state index is -4.33. The zero-order valence-electron chi connectivity index (χ0n) is 80.9. The number of urea groups is 5. The van der Waals surface area contributed by atoms with E-state index in [0.717, 1.165) is 91.4 Å². The summed E-state index contributed by atoms with van der Waals surface area (Å²) in [4.78, 5) is 145. The molecule has 5 aliphatic carbocycles. The summed E-state index contributed by atoms with van der Waals surface area (Å²) in [6.45, 7) is 32.8. The molecule has 5 fully saturated rings. The molecule has 42 heteroatoms. The van der Waals surface area contributed by atoms with Crippen molar-refractivity contribution in [2.45, 2.75) is 340 Å². The van der Waals surface area contributed by atoms with Crippen LogP contribution in [0.1, 0.15) is 354 Å². The van der Waals surface area contributed by atoms with E-state index in [2.05, 4.69) is 42.1 Å². The number of fused-ring (bicyclic) bond motifs is 2. The van der Waals surface area contributed by atoms with Gasteiger partial charge in [0.15, 0.2) is 10.7 Å². The zero-order valence-corrected chi connectivity index (χ0v) is 85.7. The highest BCUT2D eigenvalue weighted by molar-refractivity contribution is 7.92. The largest absolute Gasteiger partial charge is 0.332 e. The Balaban J connectivity index is 0.000000210. The zero-order chi connectivity index (χ0) is 102. The summed E-state index contributed by atoms with van der Waals surface area (Å²) < 4.78 is 163. The number of carbonyl (C=O) groups excluding carboxylic acids is 12. The van der Waals surface area contributed by atoms with Crippen LogP contribution in [0.3, 0.4) is 0 Å². The number of imide groups is 2. The molecule has 754 valence electrons. The topological polar surface area (TPSA) is 502 Å². The number of ketones is 3. The lowest BCUT2D eigenvalue weighted by atomic mass is 9.92. The number of anilines is 5. The molecule has 14 amide bonds. The number of nitrogens with zero attached hydrogens (tertiary/aromatic N) is 2. The Morgan fingerprint density at radius 2 is 0.569 bits per heavy atom. The van der Waals surface area contributed by atoms with Crippen LogP contribution in [0.2, 0.25) is 5.02 Å². The second-order valence-electron chi connectivity index (χ2n) is 38.0. The van der Waals surface area contributed by atoms with E-state index < -0.39 is 142 Å². The minimum Gasteiger partial charge on any atom is -0.307 e. The molecule has 137 heavy (non-hydrogen) atoms. The molecule has 7 aliphatic rings. The van der Waals surface area contributed by atoms with E-state index in [4.69, 9.17) is 11.6 Å². The van der Waals surface area contributed by atoms with E-state index in [1.165, 1.54) is 35.4 Å². The van der Waals surface area contributed by atoms with Gasteiger partial charge in [0, 0.05) is 98.7 Å². The normalized spacial score (nSPS) is 18.5. The van der Waals surface area contributed by atoms with Crippen molar-refractivity contribution in [3.63, 3.8) is 0 Å². The van der Waals surface area contributed by atoms with Crippen LogP contribution in [0.15, 0.2) is 60.7 Å². The van der Waals surface area contributed by atoms with Crippen LogP contribution in [0.4, 0.5) is 61.2 Å². The van der Waals surface area contributed by atoms with Crippen molar-refractivity contribution in [1.29, 1.82) is 0 Å². The predicted octanol–water partition coefficient (Wildman–Crippen LogP) is 17.1. The summed E-state index contributed by atoms with van der Waals surface area (Å²) in [5.74, 6) is -3.62. The molecular weight excluding hydrogens is 1890 g/mol. The molecule has 5 unspecified atom stereocenters. The number of halogens is 3. The van der Waals surface area contributed by atoms with Crippen molar-refractivity contribution in [1.82, 2.24) is 33.4 Å². The number of hydrogen-bond acceptors (Lipinski definition) is 22. The molecule has 5 aromatic carbocycles. The molecule has 0 spiro atoms. The summed E-state index contributed by atoms with van der Waals surface area (Å²) in [5, 5.41) is 8.45. The van der Waals surface area contributed by atoms with E-state index in [0.29, 0.717) is 118 Å². The highest BCUT2D eigenvalue weighted by Crippen LogP contribution is 2.42. The van der Waals surface area contributed by atoms with Gasteiger partial charge < -0.3 is 26.6 Å². The van der Waals surface area contributed by atoms with Gasteiger partial charge in [-0.3, -0.25) is 43.4 Å². The Bertz CT molecular complexity index is 5770. The summed E-state index contributed by atoms with van der Waals surface area (Å²) in [6, 6.07) is 12.4. The van der Waals surface area contributed by atoms with Crippen LogP contribution in [0, 0.1) is 11.6 Å². The summed E-state index contributed by atoms with van der Waals surface area (Å²) in [5.41, 5.74) is 13.3. The van der Waals surface area contributed by atoms with Crippen LogP contribution in [0.5, 0.6) is 0 Å². The van der Waals surface area contributed by atoms with Gasteiger partial charge in [0.25, 0.3) is 20.0 Å². The number of para-hydroxylation sites is 1. The van der Waals surface area contributed by atoms with E-state index in [1.807, 2.05) is 143 Å². The van der Waals surface area contributed by atoms with E-state index in [1.54, 1.807) is 12.1 Å². The molecule has 0 radical (unpaired) electrons. The first kappa shape index (κ1) is 112. The highest BCUT2D eigenvalue weighted by atomic mass is 35.5. The van der Waals surface area contributed by atoms with Gasteiger partial charge in [-0.2, -0.15) is 0 Å². The second kappa shape index (κ2) is 47.5. The number of sulfonamides is 5. The maximum Gasteiger partial charge on any atom is 0.332 e. The third-order valence-corrected chi connectivity index (χ3v) is 33.5. The molecule has 12 rings (SSSR count). The first-order valence-corrected chi connectivity index (χ1v) is 54.5. The Hall–Kier alpha value is -10.4. The van der Waals surface area contributed by atoms with Crippen LogP contribution >= 0.6 is 11.6 Å². The number of amides is 14. The fourth-order valence-corrected chi connectivity index (χ4v) is 25.1. The first-order valence-electron chi connectivity index (χ1n) is 46.4. The standard InChI is InChI=1S/C19H26ClN3O5S.C19H26FN3O5S.C19H27FN2O4S.C19H24N2O4S.C19H28N2O4S/c2*1-10(2)14-8-13(20)9-15(11(3)4)18(14)21-19(26)22-29(27,28)17-7-6-16(25)23(17)12(5)24;1-11(2)16-8-13(20)9-17(12(3)4)18(16)21-19(24)22-27(25,26)15-7-5-6-14(23)10-15;22-14-6-3-7-15(11-14)26(24,25)21-19(23)20-18-16-8-1-4-12(16)10-13-5-2-9-17(13)18;1-12(2)16-9-6-10-17(13(3)4)18(16)20-19(23)21-26(24,25)15-8-5-7-14(22)11-15/h2*8-11,17H,6-7H2,1-5H3,(H2,21,22,26);8-9,11-12,15H,5-7,10H2,1-4H3,(H2,21,22,24);10,15H,1-9,11H2,(H2,20,21,23);6,9-10,12-13,15H,5,7-8,11H2,1-4H3,(H2,20,21,23). The maximum atomic E-state index is 14.0. The predicted molar refractivity (Wildman–Crippen MR) is 522 cm³/mol. The highest BCUT2D eigenvalue weighted by Gasteiger charge is 2.46. The van der Waals surface area contributed by atoms with Crippen molar-refractivity contribution in [3.8, 4) is 0 Å². The second-order valence-corrected chi connectivity index (χ2v) is 48.0. The van der Waals surface area contributed by atoms with Crippen LogP contribution in [0.25, 0.3) is 0 Å². The molecule has 0 bridgehead atoms. The number of benzene rings is 5. The maximum absolute atomic E-state index is 14.0. The van der Waals surface area contributed by atoms with Crippen molar-refractivity contribution in [2.24, 2.45) is 0 Å². The van der Waals surface area contributed by atoms with E-state index in [-0.39, 0.29) is 110 Å². The number of carbonyl (C=O) groups is 12. The van der Waals surface area contributed by atoms with Gasteiger partial charge >= 0.3 is 30.2 Å². The molecule has 2 aliphatic heterocycles. The Kier molecular flexibility index (Phi) is 38.8. The molecule has 34 nitrogen and oxygen atoms in total. The van der Waals surface area contributed by atoms with Crippen molar-refractivity contribution < 1.29 is 108 Å². The monoisotopic (exact) mass is 2020 g/mol. The molecule has 0 aromatic heterocycles. The van der Waals surface area contributed by atoms with E-state index in [9.17, 15) is 108 Å². The van der Waals surface area contributed by atoms with Gasteiger partial charge in [0.05, 0.1) is 15.7 Å². The molecule has 5 aromatic rings. The van der Waals surface area contributed by atoms with Gasteiger partial charge in [-0.15, -0.1) is 0 Å². The van der Waals surface area contributed by atoms with Gasteiger partial charge in [-0.1, -0.05) is 147 Å². The number of nitrogens with one attached hydrogen (secondary N) is 10. The Morgan fingerprint density at radius 1 is 0.321 bits per heavy atom. The van der Waals surface area contributed by atoms with Gasteiger partial charge in [0.2, 0.25) is 53.7 Å². The van der Waals surface area contributed by atoms with Crippen molar-refractivity contribution in [2.75, 3.05) is 26.6 Å². The van der Waals surface area contributed by atoms with Gasteiger partial charge in [-0.25, -0.2) is 98.5 Å². The van der Waals surface area contributed by atoms with E-state index >= 15 is 0 Å². The lowest BCUT2D eigenvalue weighted by Gasteiger charge is -2.23. The quantitative estimate of drug-likeness (QED) is 0.0290. The SMILES string of the molecule is CC(=O)N1C(=O)CCC1S(=O)(=O)NC(=O)Nc1c(C(C)C)cc(Cl)cc1C(C)C.CC(=O)N1C(=O)CCC1S(=O)(=O)NC(=O)Nc1c(C(C)C)cc(F)cc1C(C)C.CC(C)c1cc(F)cc(C(C)C)c1NC(=O)NS(=O)(=O)C1CCCC(=O)C1.CC(C)c1cccc(C(C)C)c1NC(=O)NS(=O)(=O)C1CCCC(=O)C1.O=C1CCCC(S(=O)(=O)NC(=O)Nc2c3c(cc4c2CCC4)CCC3)C1. The van der Waals surface area contributed by atoms with Crippen molar-refractivity contribution >= 4 is 161 Å². The number of rotatable bonds is 23. The lowest BCUT2D eigenvalue weighted by Crippen LogP contribution is -2.48. The third-order valence-electron chi connectivity index (χ3n) is 24.8. The fourth-order valence-electron chi connectivity index (χ4n) is 17.9. The first-order chi connectivity index (χ1) is 63.8. The molecule has 2 saturated heterocycles. The molecule has 10 N–H and O–H groups in total. The number of aryl methyl sites for hydroxylation is 2. The Labute approximate surface area is 808 Å². The molecule has 5 atom stereocenters. The third kappa shape index (κ3) is 29.6. The van der Waals surface area contributed by atoms with Gasteiger partial charge in [-0.05, 0) is 240 Å². The Morgan fingerprint density at radius 3 is 0.825 bits per heavy atom. The van der Waals surface area contributed by atoms with Crippen LogP contribution in [-0.2, 0) is 109 Å². The van der Waals surface area contributed by atoms with Crippen LogP contribution < -0.4 is 50.2 Å². The molecule has 3 saturated carbocycles. The number of hydrogen-bond donors (Lipinski definition) is 10. The average Bonchev–Trinajstić information content (AvgIpc) is 1.61. The fraction of sp³-hybridized carbons (Fsp3) is 0.558. The molecular formula is C95H131ClF2N12O22S5. The van der Waals surface area contributed by atoms with Crippen LogP contribution in [-0.4, -0.2) is 150 Å². The molecule has 2 heterocycles. The summed E-state index contributed by atoms with van der Waals surface area (Å²) in [7, 11) is -20.3. The average molecular weight is 2030 g/mol. The number of likely N-dealkylation sites (tertiary alicyclic amines) is 2. The minimum absolute atomic E-state index is 0.00124.